The summed E-state index contributed by atoms with van der Waals surface area (Å²) in [5.74, 6) is 0. The second kappa shape index (κ2) is 10.2. The van der Waals surface area contributed by atoms with Gasteiger partial charge >= 0.3 is 0 Å². The van der Waals surface area contributed by atoms with Crippen molar-refractivity contribution in [3.63, 3.8) is 0 Å². The smallest absolute Gasteiger partial charge is 0.150 e. The number of H-pyrrole nitrogens is 4. The zero-order valence-corrected chi connectivity index (χ0v) is 25.1. The molecule has 0 fully saturated rings. The Morgan fingerprint density at radius 3 is 2.02 bits per heavy atom. The van der Waals surface area contributed by atoms with Gasteiger partial charge in [-0.05, 0) is 114 Å². The van der Waals surface area contributed by atoms with Crippen LogP contribution in [0.5, 0.6) is 0 Å². The molecular formula is C36H29BrN4O. The molecule has 6 heteroatoms. The number of benzene rings is 2. The minimum Gasteiger partial charge on any atom is -0.355 e. The lowest BCUT2D eigenvalue weighted by Crippen LogP contribution is -2.17. The van der Waals surface area contributed by atoms with E-state index >= 15 is 0 Å². The monoisotopic (exact) mass is 612 g/mol. The number of aromatic amines is 4. The van der Waals surface area contributed by atoms with Gasteiger partial charge < -0.3 is 19.9 Å². The van der Waals surface area contributed by atoms with Gasteiger partial charge in [-0.1, -0.05) is 42.0 Å². The van der Waals surface area contributed by atoms with Crippen LogP contribution >= 0.6 is 15.9 Å². The third-order valence-corrected chi connectivity index (χ3v) is 8.77. The Morgan fingerprint density at radius 1 is 0.619 bits per heavy atom. The van der Waals surface area contributed by atoms with Crippen LogP contribution in [-0.2, 0) is 0 Å². The standard InChI is InChI=1S/C36H29BrN4O/c1-20-16-21(2)33(22(3)17-20)35-29-11-9-26(39-29)18-25-8-10-27(38-25)34(24-6-4-23(19-42)5-7-24)28-12-14-31(40-28)36(37)32-15-13-30(35)41-32/h4-19,38-41H,1-3H3. The van der Waals surface area contributed by atoms with Gasteiger partial charge in [-0.2, -0.15) is 0 Å². The molecule has 0 atom stereocenters. The van der Waals surface area contributed by atoms with Gasteiger partial charge in [-0.15, -0.1) is 0 Å². The summed E-state index contributed by atoms with van der Waals surface area (Å²) in [6.45, 7) is 6.52. The maximum absolute atomic E-state index is 11.3. The molecule has 7 rings (SSSR count). The quantitative estimate of drug-likeness (QED) is 0.210. The molecule has 5 nitrogen and oxygen atoms in total. The number of fused-ring (bicyclic) bond motifs is 8. The molecule has 5 heterocycles. The second-order valence-corrected chi connectivity index (χ2v) is 11.7. The maximum Gasteiger partial charge on any atom is 0.150 e. The van der Waals surface area contributed by atoms with Crippen molar-refractivity contribution < 1.29 is 4.79 Å². The highest BCUT2D eigenvalue weighted by Crippen LogP contribution is 2.28. The van der Waals surface area contributed by atoms with Gasteiger partial charge in [-0.25, -0.2) is 0 Å². The number of halogens is 1. The molecule has 0 radical (unpaired) electrons. The highest BCUT2D eigenvalue weighted by Gasteiger charge is 2.16. The molecule has 0 saturated carbocycles. The van der Waals surface area contributed by atoms with Crippen molar-refractivity contribution in [2.24, 2.45) is 0 Å². The van der Waals surface area contributed by atoms with Crippen molar-refractivity contribution in [1.82, 2.24) is 19.9 Å². The molecule has 42 heavy (non-hydrogen) atoms. The van der Waals surface area contributed by atoms with Gasteiger partial charge in [-0.3, -0.25) is 4.79 Å². The highest BCUT2D eigenvalue weighted by molar-refractivity contribution is 9.15. The van der Waals surface area contributed by atoms with Gasteiger partial charge in [0.2, 0.25) is 0 Å². The van der Waals surface area contributed by atoms with Crippen molar-refractivity contribution in [2.45, 2.75) is 20.8 Å². The van der Waals surface area contributed by atoms with Crippen LogP contribution in [0.1, 0.15) is 61.0 Å². The fraction of sp³-hybridized carbons (Fsp3) is 0.0833. The minimum atomic E-state index is 0.647. The van der Waals surface area contributed by atoms with E-state index in [0.717, 1.165) is 71.7 Å². The largest absolute Gasteiger partial charge is 0.355 e. The molecule has 0 aliphatic carbocycles. The van der Waals surface area contributed by atoms with Crippen molar-refractivity contribution >= 4 is 43.9 Å². The summed E-state index contributed by atoms with van der Waals surface area (Å²) >= 11 is 3.88. The molecule has 6 aromatic rings. The van der Waals surface area contributed by atoms with Gasteiger partial charge in [0.25, 0.3) is 0 Å². The van der Waals surface area contributed by atoms with Crippen molar-refractivity contribution in [3.8, 4) is 0 Å². The van der Waals surface area contributed by atoms with E-state index in [1.54, 1.807) is 0 Å². The maximum atomic E-state index is 11.3. The van der Waals surface area contributed by atoms with Crippen LogP contribution in [0, 0.1) is 20.8 Å². The molecule has 0 unspecified atom stereocenters. The third-order valence-electron chi connectivity index (χ3n) is 7.91. The molecule has 0 spiro atoms. The van der Waals surface area contributed by atoms with Crippen molar-refractivity contribution in [3.05, 3.63) is 162 Å². The van der Waals surface area contributed by atoms with Gasteiger partial charge in [0.05, 0.1) is 15.5 Å². The lowest BCUT2D eigenvalue weighted by atomic mass is 9.92. The Hall–Kier alpha value is -4.81. The lowest BCUT2D eigenvalue weighted by Gasteiger charge is -2.14. The van der Waals surface area contributed by atoms with E-state index in [1.807, 2.05) is 24.3 Å². The molecular weight excluding hydrogens is 584 g/mol. The first-order chi connectivity index (χ1) is 20.4. The average molecular weight is 614 g/mol. The van der Waals surface area contributed by atoms with E-state index in [1.165, 1.54) is 22.3 Å². The first kappa shape index (κ1) is 26.1. The van der Waals surface area contributed by atoms with Crippen LogP contribution in [-0.4, -0.2) is 26.2 Å². The fourth-order valence-electron chi connectivity index (χ4n) is 6.11. The summed E-state index contributed by atoms with van der Waals surface area (Å²) in [7, 11) is 0. The number of carbonyl (C=O) groups is 1. The van der Waals surface area contributed by atoms with Crippen LogP contribution in [0.25, 0.3) is 21.7 Å². The molecule has 0 saturated heterocycles. The third kappa shape index (κ3) is 4.54. The molecule has 1 aliphatic heterocycles. The normalized spacial score (nSPS) is 12.9. The summed E-state index contributed by atoms with van der Waals surface area (Å²) in [6, 6.07) is 29.1. The predicted octanol–water partition coefficient (Wildman–Crippen LogP) is 4.92. The van der Waals surface area contributed by atoms with Gasteiger partial charge in [0.15, 0.2) is 0 Å². The SMILES string of the molecule is Cc1cc(C)c(C2=c3ccc([nH]3)=C(Br)c3ccc([nH]3)C(c3ccc(C=O)cc3)=c3ccc([nH]3)=Cc3ccc2[nH]3)c(C)c1. The number of carbonyl (C=O) groups excluding carboxylic acids is 1. The Kier molecular flexibility index (Phi) is 6.36. The van der Waals surface area contributed by atoms with Gasteiger partial charge in [0, 0.05) is 49.8 Å². The van der Waals surface area contributed by atoms with Crippen LogP contribution in [0.2, 0.25) is 0 Å². The molecule has 0 amide bonds. The molecule has 206 valence electrons. The van der Waals surface area contributed by atoms with E-state index in [0.29, 0.717) is 5.56 Å². The fourth-order valence-corrected chi connectivity index (χ4v) is 6.57. The zero-order valence-electron chi connectivity index (χ0n) is 23.5. The molecule has 1 aliphatic rings. The van der Waals surface area contributed by atoms with Crippen LogP contribution in [0.15, 0.2) is 84.9 Å². The van der Waals surface area contributed by atoms with E-state index in [9.17, 15) is 4.79 Å². The Balaban J connectivity index is 1.54. The number of aryl methyl sites for hydroxylation is 3. The summed E-state index contributed by atoms with van der Waals surface area (Å²) in [5, 5.41) is 3.97. The van der Waals surface area contributed by atoms with Crippen molar-refractivity contribution in [2.75, 3.05) is 0 Å². The first-order valence-corrected chi connectivity index (χ1v) is 14.7. The zero-order chi connectivity index (χ0) is 29.0. The van der Waals surface area contributed by atoms with Crippen molar-refractivity contribution in [1.29, 1.82) is 0 Å². The number of rotatable bonds is 3. The Labute approximate surface area is 251 Å². The lowest BCUT2D eigenvalue weighted by molar-refractivity contribution is 0.112. The predicted molar refractivity (Wildman–Crippen MR) is 172 cm³/mol. The molecule has 4 aromatic heterocycles. The summed E-state index contributed by atoms with van der Waals surface area (Å²) in [6.07, 6.45) is 3.00. The number of hydrogen-bond donors (Lipinski definition) is 4. The Morgan fingerprint density at radius 2 is 1.26 bits per heavy atom. The number of aromatic nitrogens is 4. The molecule has 8 bridgehead atoms. The molecule has 2 aromatic carbocycles. The minimum absolute atomic E-state index is 0.647. The summed E-state index contributed by atoms with van der Waals surface area (Å²) in [4.78, 5) is 25.9. The topological polar surface area (TPSA) is 80.2 Å². The summed E-state index contributed by atoms with van der Waals surface area (Å²) < 4.78 is 0.937. The van der Waals surface area contributed by atoms with Crippen LogP contribution in [0.3, 0.4) is 0 Å². The summed E-state index contributed by atoms with van der Waals surface area (Å²) in [5.41, 5.74) is 12.7. The second-order valence-electron chi connectivity index (χ2n) is 10.9. The van der Waals surface area contributed by atoms with Crippen LogP contribution in [0.4, 0.5) is 0 Å². The average Bonchev–Trinajstić information content (AvgIpc) is 3.79. The number of aldehydes is 1. The molecule has 4 N–H and O–H groups in total. The highest BCUT2D eigenvalue weighted by atomic mass is 79.9. The Bertz CT molecular complexity index is 2230. The van der Waals surface area contributed by atoms with E-state index in [2.05, 4.69) is 123 Å². The van der Waals surface area contributed by atoms with Gasteiger partial charge in [0.1, 0.15) is 6.29 Å². The van der Waals surface area contributed by atoms with E-state index < -0.39 is 0 Å². The first-order valence-electron chi connectivity index (χ1n) is 13.9. The number of nitrogens with one attached hydrogen (secondary N) is 4. The number of hydrogen-bond acceptors (Lipinski definition) is 1. The van der Waals surface area contributed by atoms with E-state index in [-0.39, 0.29) is 0 Å². The van der Waals surface area contributed by atoms with E-state index in [4.69, 9.17) is 0 Å². The van der Waals surface area contributed by atoms with Crippen LogP contribution < -0.4 is 21.4 Å².